The minimum absolute atomic E-state index is 0.0478. The van der Waals surface area contributed by atoms with Gasteiger partial charge in [-0.1, -0.05) is 13.8 Å². The Bertz CT molecular complexity index is 790. The summed E-state index contributed by atoms with van der Waals surface area (Å²) >= 11 is 0. The van der Waals surface area contributed by atoms with Gasteiger partial charge in [-0.3, -0.25) is 14.6 Å². The molecule has 2 amide bonds. The highest BCUT2D eigenvalue weighted by Gasteiger charge is 2.31. The Morgan fingerprint density at radius 2 is 2.16 bits per heavy atom. The SMILES string of the molecule is CC(C)CN1C(=O)C(C)Oc2cc(NC(=O)c3cccnc3)ccc21. The quantitative estimate of drug-likeness (QED) is 0.929. The maximum absolute atomic E-state index is 12.4. The summed E-state index contributed by atoms with van der Waals surface area (Å²) in [5, 5.41) is 2.83. The van der Waals surface area contributed by atoms with E-state index in [1.165, 1.54) is 6.20 Å². The lowest BCUT2D eigenvalue weighted by molar-refractivity contribution is -0.125. The monoisotopic (exact) mass is 339 g/mol. The molecule has 0 fully saturated rings. The Labute approximate surface area is 146 Å². The molecule has 1 N–H and O–H groups in total. The molecule has 6 nitrogen and oxygen atoms in total. The summed E-state index contributed by atoms with van der Waals surface area (Å²) < 4.78 is 5.73. The van der Waals surface area contributed by atoms with Crippen LogP contribution in [-0.2, 0) is 4.79 Å². The van der Waals surface area contributed by atoms with Crippen molar-refractivity contribution < 1.29 is 14.3 Å². The van der Waals surface area contributed by atoms with Crippen molar-refractivity contribution in [2.24, 2.45) is 5.92 Å². The number of aromatic nitrogens is 1. The summed E-state index contributed by atoms with van der Waals surface area (Å²) in [6.07, 6.45) is 2.58. The number of anilines is 2. The standard InChI is InChI=1S/C19H21N3O3/c1-12(2)11-22-16-7-6-15(9-17(16)25-13(3)19(22)24)21-18(23)14-5-4-8-20-10-14/h4-10,12-13H,11H2,1-3H3,(H,21,23). The van der Waals surface area contributed by atoms with Gasteiger partial charge in [0.1, 0.15) is 5.75 Å². The maximum Gasteiger partial charge on any atom is 0.267 e. The predicted octanol–water partition coefficient (Wildman–Crippen LogP) is 3.10. The Kier molecular flexibility index (Phi) is 4.70. The average Bonchev–Trinajstić information content (AvgIpc) is 2.59. The number of carbonyl (C=O) groups excluding carboxylic acids is 2. The van der Waals surface area contributed by atoms with Gasteiger partial charge in [-0.2, -0.15) is 0 Å². The van der Waals surface area contributed by atoms with Crippen molar-refractivity contribution in [3.05, 3.63) is 48.3 Å². The van der Waals surface area contributed by atoms with Gasteiger partial charge < -0.3 is 15.0 Å². The van der Waals surface area contributed by atoms with E-state index in [9.17, 15) is 9.59 Å². The third-order valence-corrected chi connectivity index (χ3v) is 3.90. The van der Waals surface area contributed by atoms with E-state index in [0.717, 1.165) is 5.69 Å². The van der Waals surface area contributed by atoms with Gasteiger partial charge in [-0.15, -0.1) is 0 Å². The number of hydrogen-bond donors (Lipinski definition) is 1. The van der Waals surface area contributed by atoms with Crippen LogP contribution in [0.15, 0.2) is 42.7 Å². The first-order valence-electron chi connectivity index (χ1n) is 8.29. The van der Waals surface area contributed by atoms with Crippen LogP contribution in [0.1, 0.15) is 31.1 Å². The third-order valence-electron chi connectivity index (χ3n) is 3.90. The van der Waals surface area contributed by atoms with Crippen LogP contribution in [0, 0.1) is 5.92 Å². The molecule has 1 aromatic carbocycles. The molecule has 0 spiro atoms. The molecule has 0 aliphatic carbocycles. The lowest BCUT2D eigenvalue weighted by Crippen LogP contribution is -2.46. The normalized spacial score (nSPS) is 16.4. The molecule has 1 aliphatic rings. The Morgan fingerprint density at radius 1 is 1.36 bits per heavy atom. The van der Waals surface area contributed by atoms with Crippen LogP contribution in [0.4, 0.5) is 11.4 Å². The van der Waals surface area contributed by atoms with Gasteiger partial charge >= 0.3 is 0 Å². The minimum atomic E-state index is -0.546. The topological polar surface area (TPSA) is 71.5 Å². The van der Waals surface area contributed by atoms with Crippen molar-refractivity contribution in [3.8, 4) is 5.75 Å². The predicted molar refractivity (Wildman–Crippen MR) is 95.9 cm³/mol. The maximum atomic E-state index is 12.4. The molecule has 0 bridgehead atoms. The van der Waals surface area contributed by atoms with Crippen LogP contribution < -0.4 is 15.0 Å². The summed E-state index contributed by atoms with van der Waals surface area (Å²) in [4.78, 5) is 30.3. The van der Waals surface area contributed by atoms with Crippen LogP contribution in [0.3, 0.4) is 0 Å². The zero-order chi connectivity index (χ0) is 18.0. The highest BCUT2D eigenvalue weighted by atomic mass is 16.5. The summed E-state index contributed by atoms with van der Waals surface area (Å²) in [5.74, 6) is 0.643. The van der Waals surface area contributed by atoms with E-state index in [0.29, 0.717) is 29.5 Å². The summed E-state index contributed by atoms with van der Waals surface area (Å²) in [7, 11) is 0. The number of ether oxygens (including phenoxy) is 1. The molecule has 25 heavy (non-hydrogen) atoms. The first kappa shape index (κ1) is 17.0. The van der Waals surface area contributed by atoms with Gasteiger partial charge in [0, 0.05) is 30.7 Å². The number of fused-ring (bicyclic) bond motifs is 1. The molecule has 3 rings (SSSR count). The minimum Gasteiger partial charge on any atom is -0.479 e. The molecule has 2 heterocycles. The number of carbonyl (C=O) groups is 2. The molecule has 1 aromatic heterocycles. The molecular formula is C19H21N3O3. The number of amides is 2. The second-order valence-electron chi connectivity index (χ2n) is 6.48. The molecule has 1 atom stereocenters. The van der Waals surface area contributed by atoms with E-state index in [1.54, 1.807) is 48.4 Å². The number of benzene rings is 1. The highest BCUT2D eigenvalue weighted by Crippen LogP contribution is 2.36. The Hall–Kier alpha value is -2.89. The number of pyridine rings is 1. The van der Waals surface area contributed by atoms with Crippen molar-refractivity contribution in [2.45, 2.75) is 26.9 Å². The fourth-order valence-electron chi connectivity index (χ4n) is 2.74. The van der Waals surface area contributed by atoms with Gasteiger partial charge in [0.15, 0.2) is 6.10 Å². The zero-order valence-corrected chi connectivity index (χ0v) is 14.5. The lowest BCUT2D eigenvalue weighted by atomic mass is 10.1. The molecular weight excluding hydrogens is 318 g/mol. The second-order valence-corrected chi connectivity index (χ2v) is 6.48. The Morgan fingerprint density at radius 3 is 2.84 bits per heavy atom. The van der Waals surface area contributed by atoms with Crippen LogP contribution in [0.25, 0.3) is 0 Å². The van der Waals surface area contributed by atoms with E-state index in [4.69, 9.17) is 4.74 Å². The summed E-state index contributed by atoms with van der Waals surface area (Å²) in [5.41, 5.74) is 1.82. The van der Waals surface area contributed by atoms with Crippen LogP contribution >= 0.6 is 0 Å². The highest BCUT2D eigenvalue weighted by molar-refractivity contribution is 6.05. The average molecular weight is 339 g/mol. The van der Waals surface area contributed by atoms with E-state index >= 15 is 0 Å². The number of nitrogens with zero attached hydrogens (tertiary/aromatic N) is 2. The van der Waals surface area contributed by atoms with E-state index in [1.807, 2.05) is 0 Å². The first-order chi connectivity index (χ1) is 12.0. The molecule has 0 saturated carbocycles. The first-order valence-corrected chi connectivity index (χ1v) is 8.29. The molecule has 6 heteroatoms. The van der Waals surface area contributed by atoms with E-state index in [-0.39, 0.29) is 11.8 Å². The van der Waals surface area contributed by atoms with Gasteiger partial charge in [0.2, 0.25) is 0 Å². The van der Waals surface area contributed by atoms with E-state index in [2.05, 4.69) is 24.1 Å². The van der Waals surface area contributed by atoms with E-state index < -0.39 is 6.10 Å². The molecule has 1 unspecified atom stereocenters. The lowest BCUT2D eigenvalue weighted by Gasteiger charge is -2.34. The van der Waals surface area contributed by atoms with Crippen molar-refractivity contribution in [2.75, 3.05) is 16.8 Å². The zero-order valence-electron chi connectivity index (χ0n) is 14.5. The van der Waals surface area contributed by atoms with Crippen LogP contribution in [-0.4, -0.2) is 29.4 Å². The fourth-order valence-corrected chi connectivity index (χ4v) is 2.74. The summed E-state index contributed by atoms with van der Waals surface area (Å²) in [6.45, 7) is 6.49. The second kappa shape index (κ2) is 6.93. The Balaban J connectivity index is 1.85. The van der Waals surface area contributed by atoms with Crippen molar-refractivity contribution in [1.82, 2.24) is 4.98 Å². The fraction of sp³-hybridized carbons (Fsp3) is 0.316. The third kappa shape index (κ3) is 3.63. The number of nitrogens with one attached hydrogen (secondary N) is 1. The van der Waals surface area contributed by atoms with Gasteiger partial charge in [-0.05, 0) is 37.1 Å². The molecule has 2 aromatic rings. The molecule has 1 aliphatic heterocycles. The van der Waals surface area contributed by atoms with Crippen molar-refractivity contribution in [1.29, 1.82) is 0 Å². The van der Waals surface area contributed by atoms with Crippen molar-refractivity contribution >= 4 is 23.2 Å². The van der Waals surface area contributed by atoms with Crippen LogP contribution in [0.5, 0.6) is 5.75 Å². The van der Waals surface area contributed by atoms with Gasteiger partial charge in [0.25, 0.3) is 11.8 Å². The molecule has 0 radical (unpaired) electrons. The van der Waals surface area contributed by atoms with Crippen molar-refractivity contribution in [3.63, 3.8) is 0 Å². The summed E-state index contributed by atoms with van der Waals surface area (Å²) in [6, 6.07) is 8.73. The largest absolute Gasteiger partial charge is 0.479 e. The molecule has 0 saturated heterocycles. The van der Waals surface area contributed by atoms with Gasteiger partial charge in [0.05, 0.1) is 11.3 Å². The number of hydrogen-bond acceptors (Lipinski definition) is 4. The van der Waals surface area contributed by atoms with Crippen LogP contribution in [0.2, 0.25) is 0 Å². The van der Waals surface area contributed by atoms with Gasteiger partial charge in [-0.25, -0.2) is 0 Å². The smallest absolute Gasteiger partial charge is 0.267 e. The number of rotatable bonds is 4. The molecule has 130 valence electrons.